The number of pyridine rings is 1. The van der Waals surface area contributed by atoms with E-state index in [1.54, 1.807) is 13.8 Å². The maximum Gasteiger partial charge on any atom is 0.416 e. The van der Waals surface area contributed by atoms with Crippen LogP contribution in [0.4, 0.5) is 13.2 Å². The van der Waals surface area contributed by atoms with Crippen LogP contribution in [-0.4, -0.2) is 25.7 Å². The Balaban J connectivity index is 1.90. The molecule has 0 aliphatic heterocycles. The summed E-state index contributed by atoms with van der Waals surface area (Å²) in [5.74, 6) is 0.230. The SMILES string of the molecule is Cc1nc([C@H](C)NC(=O)c2cc(Cl)cc(C(F)(F)F)c2)n(-c2cc(C#N)ccn2)n1. The zero-order valence-corrected chi connectivity index (χ0v) is 16.5. The minimum absolute atomic E-state index is 0.209. The summed E-state index contributed by atoms with van der Waals surface area (Å²) in [6, 6.07) is 6.89. The summed E-state index contributed by atoms with van der Waals surface area (Å²) >= 11 is 5.75. The summed E-state index contributed by atoms with van der Waals surface area (Å²) in [4.78, 5) is 21.0. The maximum absolute atomic E-state index is 13.0. The van der Waals surface area contributed by atoms with Crippen molar-refractivity contribution in [3.05, 3.63) is 69.9 Å². The molecule has 0 spiro atoms. The van der Waals surface area contributed by atoms with Gasteiger partial charge in [-0.05, 0) is 38.1 Å². The van der Waals surface area contributed by atoms with Crippen LogP contribution in [0.25, 0.3) is 5.82 Å². The van der Waals surface area contributed by atoms with E-state index in [1.165, 1.54) is 23.0 Å². The Morgan fingerprint density at radius 2 is 2.03 bits per heavy atom. The average Bonchev–Trinajstić information content (AvgIpc) is 3.08. The monoisotopic (exact) mass is 434 g/mol. The van der Waals surface area contributed by atoms with E-state index >= 15 is 0 Å². The van der Waals surface area contributed by atoms with Crippen molar-refractivity contribution in [1.82, 2.24) is 25.1 Å². The second-order valence-electron chi connectivity index (χ2n) is 6.37. The van der Waals surface area contributed by atoms with Gasteiger partial charge in [0.15, 0.2) is 11.6 Å². The van der Waals surface area contributed by atoms with Gasteiger partial charge in [0.2, 0.25) is 0 Å². The van der Waals surface area contributed by atoms with Crippen molar-refractivity contribution in [1.29, 1.82) is 5.26 Å². The number of carbonyl (C=O) groups excluding carboxylic acids is 1. The van der Waals surface area contributed by atoms with Gasteiger partial charge in [-0.15, -0.1) is 5.10 Å². The van der Waals surface area contributed by atoms with Crippen LogP contribution in [0.5, 0.6) is 0 Å². The molecule has 1 atom stereocenters. The molecule has 2 heterocycles. The van der Waals surface area contributed by atoms with E-state index in [4.69, 9.17) is 16.9 Å². The van der Waals surface area contributed by atoms with E-state index < -0.39 is 23.7 Å². The van der Waals surface area contributed by atoms with Crippen LogP contribution >= 0.6 is 11.6 Å². The number of aromatic nitrogens is 4. The lowest BCUT2D eigenvalue weighted by molar-refractivity contribution is -0.137. The van der Waals surface area contributed by atoms with Crippen LogP contribution in [0.2, 0.25) is 5.02 Å². The first kappa shape index (κ1) is 21.3. The van der Waals surface area contributed by atoms with Crippen LogP contribution in [0.15, 0.2) is 36.5 Å². The van der Waals surface area contributed by atoms with Gasteiger partial charge < -0.3 is 5.32 Å². The van der Waals surface area contributed by atoms with Gasteiger partial charge in [0, 0.05) is 22.8 Å². The number of halogens is 4. The van der Waals surface area contributed by atoms with E-state index in [9.17, 15) is 18.0 Å². The summed E-state index contributed by atoms with van der Waals surface area (Å²) < 4.78 is 40.4. The number of nitrogens with zero attached hydrogens (tertiary/aromatic N) is 5. The lowest BCUT2D eigenvalue weighted by atomic mass is 10.1. The smallest absolute Gasteiger partial charge is 0.342 e. The number of hydrogen-bond acceptors (Lipinski definition) is 5. The fourth-order valence-corrected chi connectivity index (χ4v) is 2.95. The number of benzene rings is 1. The Bertz CT molecular complexity index is 1150. The molecule has 30 heavy (non-hydrogen) atoms. The van der Waals surface area contributed by atoms with Gasteiger partial charge in [-0.25, -0.2) is 9.97 Å². The first-order valence-corrected chi connectivity index (χ1v) is 8.95. The highest BCUT2D eigenvalue weighted by Crippen LogP contribution is 2.32. The van der Waals surface area contributed by atoms with E-state index in [-0.39, 0.29) is 10.6 Å². The highest BCUT2D eigenvalue weighted by Gasteiger charge is 2.32. The normalized spacial score (nSPS) is 12.3. The van der Waals surface area contributed by atoms with Crippen molar-refractivity contribution in [2.45, 2.75) is 26.1 Å². The van der Waals surface area contributed by atoms with Crippen LogP contribution < -0.4 is 5.32 Å². The zero-order chi connectivity index (χ0) is 22.1. The molecule has 2 aromatic heterocycles. The topological polar surface area (TPSA) is 96.5 Å². The molecule has 0 fully saturated rings. The van der Waals surface area contributed by atoms with E-state index in [2.05, 4.69) is 20.4 Å². The lowest BCUT2D eigenvalue weighted by Gasteiger charge is -2.15. The second kappa shape index (κ2) is 8.12. The van der Waals surface area contributed by atoms with Gasteiger partial charge in [-0.1, -0.05) is 11.6 Å². The molecule has 0 saturated carbocycles. The van der Waals surface area contributed by atoms with Gasteiger partial charge in [-0.2, -0.15) is 23.1 Å². The van der Waals surface area contributed by atoms with Crippen LogP contribution in [0, 0.1) is 18.3 Å². The molecule has 3 aromatic rings. The van der Waals surface area contributed by atoms with Crippen LogP contribution in [0.1, 0.15) is 46.1 Å². The third-order valence-corrected chi connectivity index (χ3v) is 4.27. The molecule has 0 bridgehead atoms. The number of aryl methyl sites for hydroxylation is 1. The zero-order valence-electron chi connectivity index (χ0n) is 15.7. The molecule has 0 aliphatic rings. The number of amides is 1. The molecule has 1 amide bonds. The van der Waals surface area contributed by atoms with E-state index in [0.717, 1.165) is 18.2 Å². The third kappa shape index (κ3) is 4.58. The Morgan fingerprint density at radius 1 is 1.30 bits per heavy atom. The molecule has 0 aliphatic carbocycles. The Morgan fingerprint density at radius 3 is 2.70 bits per heavy atom. The minimum Gasteiger partial charge on any atom is -0.342 e. The maximum atomic E-state index is 13.0. The van der Waals surface area contributed by atoms with E-state index in [0.29, 0.717) is 23.0 Å². The summed E-state index contributed by atoms with van der Waals surface area (Å²) in [7, 11) is 0. The molecule has 0 radical (unpaired) electrons. The highest BCUT2D eigenvalue weighted by molar-refractivity contribution is 6.31. The summed E-state index contributed by atoms with van der Waals surface area (Å²) in [6.45, 7) is 3.23. The standard InChI is InChI=1S/C19H14ClF3N6O/c1-10(26-18(30)13-6-14(19(21,22)23)8-15(20)7-13)17-27-11(2)28-29(17)16-5-12(9-24)3-4-25-16/h3-8,10H,1-2H3,(H,26,30)/t10-/m0/s1. The summed E-state index contributed by atoms with van der Waals surface area (Å²) in [5.41, 5.74) is -0.909. The number of alkyl halides is 3. The molecule has 154 valence electrons. The van der Waals surface area contributed by atoms with Gasteiger partial charge in [-0.3, -0.25) is 4.79 Å². The predicted molar refractivity (Wildman–Crippen MR) is 101 cm³/mol. The van der Waals surface area contributed by atoms with E-state index in [1.807, 2.05) is 6.07 Å². The third-order valence-electron chi connectivity index (χ3n) is 4.05. The Kier molecular flexibility index (Phi) is 5.75. The molecule has 1 N–H and O–H groups in total. The second-order valence-corrected chi connectivity index (χ2v) is 6.80. The largest absolute Gasteiger partial charge is 0.416 e. The number of nitriles is 1. The van der Waals surface area contributed by atoms with Crippen molar-refractivity contribution in [2.24, 2.45) is 0 Å². The van der Waals surface area contributed by atoms with Crippen molar-refractivity contribution >= 4 is 17.5 Å². The Hall–Kier alpha value is -3.45. The average molecular weight is 435 g/mol. The first-order valence-electron chi connectivity index (χ1n) is 8.57. The predicted octanol–water partition coefficient (Wildman–Crippen LogP) is 4.01. The first-order chi connectivity index (χ1) is 14.1. The van der Waals surface area contributed by atoms with Crippen LogP contribution in [-0.2, 0) is 6.18 Å². The van der Waals surface area contributed by atoms with Gasteiger partial charge in [0.1, 0.15) is 5.82 Å². The molecule has 7 nitrogen and oxygen atoms in total. The Labute approximate surface area is 174 Å². The molecule has 0 saturated heterocycles. The van der Waals surface area contributed by atoms with Gasteiger partial charge in [0.05, 0.1) is 23.2 Å². The van der Waals surface area contributed by atoms with Crippen molar-refractivity contribution in [2.75, 3.05) is 0 Å². The lowest BCUT2D eigenvalue weighted by Crippen LogP contribution is -2.29. The fourth-order valence-electron chi connectivity index (χ4n) is 2.71. The molecule has 0 unspecified atom stereocenters. The van der Waals surface area contributed by atoms with Gasteiger partial charge in [0.25, 0.3) is 5.91 Å². The van der Waals surface area contributed by atoms with Crippen LogP contribution in [0.3, 0.4) is 0 Å². The quantitative estimate of drug-likeness (QED) is 0.669. The molecule has 1 aromatic carbocycles. The molecular formula is C19H14ClF3N6O. The number of carbonyl (C=O) groups is 1. The highest BCUT2D eigenvalue weighted by atomic mass is 35.5. The molecular weight excluding hydrogens is 421 g/mol. The number of rotatable bonds is 4. The molecule has 11 heteroatoms. The van der Waals surface area contributed by atoms with Crippen molar-refractivity contribution < 1.29 is 18.0 Å². The minimum atomic E-state index is -4.64. The van der Waals surface area contributed by atoms with Crippen molar-refractivity contribution in [3.8, 4) is 11.9 Å². The van der Waals surface area contributed by atoms with Crippen molar-refractivity contribution in [3.63, 3.8) is 0 Å². The summed E-state index contributed by atoms with van der Waals surface area (Å²) in [5, 5.41) is 15.7. The molecule has 3 rings (SSSR count). The number of nitrogens with one attached hydrogen (secondary N) is 1. The fraction of sp³-hybridized carbons (Fsp3) is 0.211. The van der Waals surface area contributed by atoms with Gasteiger partial charge >= 0.3 is 6.18 Å². The summed E-state index contributed by atoms with van der Waals surface area (Å²) in [6.07, 6.45) is -3.21. The number of hydrogen-bond donors (Lipinski definition) is 1.